The van der Waals surface area contributed by atoms with Gasteiger partial charge in [0.15, 0.2) is 6.54 Å². The van der Waals surface area contributed by atoms with Crippen molar-refractivity contribution in [2.45, 2.75) is 55.6 Å². The van der Waals surface area contributed by atoms with E-state index in [9.17, 15) is 47.1 Å². The molecule has 0 aliphatic carbocycles. The van der Waals surface area contributed by atoms with Gasteiger partial charge in [-0.1, -0.05) is 11.6 Å². The molecule has 4 rings (SSSR count). The first-order chi connectivity index (χ1) is 19.6. The molecular formula is C24H28ClN6O10S+. The zero-order chi connectivity index (χ0) is 31.0. The molecule has 42 heavy (non-hydrogen) atoms. The number of hydrazine groups is 1. The van der Waals surface area contributed by atoms with Crippen LogP contribution in [0.3, 0.4) is 0 Å². The van der Waals surface area contributed by atoms with E-state index in [1.807, 2.05) is 0 Å². The molecule has 0 aromatic heterocycles. The number of amidine groups is 1. The minimum atomic E-state index is -3.86. The number of carboxylic acid groups (broad SMARTS) is 1. The van der Waals surface area contributed by atoms with Crippen LogP contribution in [0.25, 0.3) is 0 Å². The number of carbonyl (C=O) groups is 7. The molecule has 4 aliphatic heterocycles. The predicted octanol–water partition coefficient (Wildman–Crippen LogP) is -2.07. The van der Waals surface area contributed by atoms with Gasteiger partial charge in [-0.05, 0) is 31.4 Å². The van der Waals surface area contributed by atoms with E-state index in [2.05, 4.69) is 15.0 Å². The van der Waals surface area contributed by atoms with Gasteiger partial charge in [0, 0.05) is 19.0 Å². The van der Waals surface area contributed by atoms with Crippen LogP contribution in [0.1, 0.15) is 32.1 Å². The Bertz CT molecular complexity index is 1460. The molecule has 5 amide bonds. The maximum atomic E-state index is 13.5. The van der Waals surface area contributed by atoms with E-state index in [-0.39, 0.29) is 38.1 Å². The Balaban J connectivity index is 1.60. The Hall–Kier alpha value is -3.80. The van der Waals surface area contributed by atoms with Crippen molar-refractivity contribution in [3.63, 3.8) is 0 Å². The summed E-state index contributed by atoms with van der Waals surface area (Å²) in [7, 11) is -3.86. The average molecular weight is 628 g/mol. The van der Waals surface area contributed by atoms with Crippen LogP contribution in [0.2, 0.25) is 0 Å². The number of sulfonamides is 1. The van der Waals surface area contributed by atoms with Crippen LogP contribution in [0, 0.1) is 0 Å². The molecule has 0 bridgehead atoms. The average Bonchev–Trinajstić information content (AvgIpc) is 3.03. The molecule has 0 saturated carbocycles. The lowest BCUT2D eigenvalue weighted by Crippen LogP contribution is -2.66. The normalized spacial score (nSPS) is 28.4. The van der Waals surface area contributed by atoms with Crippen molar-refractivity contribution in [1.29, 1.82) is 0 Å². The summed E-state index contributed by atoms with van der Waals surface area (Å²) in [6.45, 7) is -0.647. The van der Waals surface area contributed by atoms with Crippen molar-refractivity contribution in [1.82, 2.24) is 20.1 Å². The molecule has 3 N–H and O–H groups in total. The SMILES string of the molecule is CS(=O)(=O)NC1CCC(=O)N2CCCC(C(=O)NC(CC(=O)O)C(=O)C[N+]34C=CC=CC3=NC(=O)[C@H](Cl)C4=O)N2C1=O. The molecule has 4 aliphatic rings. The standard InChI is InChI=1S/C24H27ClN6O10S/c1-42(40,41)28-13-7-8-18(33)29-9-4-5-15(30(29)23(13)38)21(36)26-14(11-19(34)35)16(32)12-31-10-3-2-6-17(31)27-22(37)20(25)24(31)39/h2-3,6,10,13-15,20,28H,4-5,7-9,11-12H2,1H3,(H-,26,34,35,36)/p+1/t13?,14?,15?,20-,31?/m0/s1. The monoisotopic (exact) mass is 627 g/mol. The second-order valence-corrected chi connectivity index (χ2v) is 12.4. The van der Waals surface area contributed by atoms with Gasteiger partial charge < -0.3 is 10.4 Å². The van der Waals surface area contributed by atoms with Crippen LogP contribution in [0.4, 0.5) is 0 Å². The highest BCUT2D eigenvalue weighted by molar-refractivity contribution is 7.88. The van der Waals surface area contributed by atoms with Gasteiger partial charge in [-0.3, -0.25) is 33.8 Å². The molecular weight excluding hydrogens is 600 g/mol. The molecule has 5 atom stereocenters. The minimum absolute atomic E-state index is 0.0276. The van der Waals surface area contributed by atoms with Crippen LogP contribution >= 0.6 is 11.6 Å². The third-order valence-corrected chi connectivity index (χ3v) is 8.25. The molecule has 0 spiro atoms. The number of aliphatic imine (C=N–C) groups is 1. The molecule has 0 aromatic rings. The molecule has 16 nitrogen and oxygen atoms in total. The summed E-state index contributed by atoms with van der Waals surface area (Å²) in [5.74, 6) is -6.62. The summed E-state index contributed by atoms with van der Waals surface area (Å²) in [5, 5.41) is 12.1. The third kappa shape index (κ3) is 6.18. The number of hydrogen-bond donors (Lipinski definition) is 3. The number of Topliss-reactive ketones (excluding diaryl/α,β-unsaturated/α-hetero) is 1. The summed E-state index contributed by atoms with van der Waals surface area (Å²) < 4.78 is 24.9. The highest BCUT2D eigenvalue weighted by Gasteiger charge is 2.53. The van der Waals surface area contributed by atoms with E-state index in [1.165, 1.54) is 24.4 Å². The number of halogens is 1. The molecule has 4 unspecified atom stereocenters. The van der Waals surface area contributed by atoms with Crippen LogP contribution < -0.4 is 10.0 Å². The Morgan fingerprint density at radius 1 is 1.19 bits per heavy atom. The van der Waals surface area contributed by atoms with Crippen molar-refractivity contribution < 1.29 is 51.6 Å². The number of quaternary nitrogens is 1. The number of carboxylic acids is 1. The fraction of sp³-hybridized carbons (Fsp3) is 0.500. The molecule has 4 heterocycles. The van der Waals surface area contributed by atoms with Gasteiger partial charge in [-0.15, -0.1) is 0 Å². The number of carbonyl (C=O) groups excluding carboxylic acids is 6. The van der Waals surface area contributed by atoms with E-state index >= 15 is 0 Å². The number of nitrogens with zero attached hydrogens (tertiary/aromatic N) is 4. The molecule has 0 radical (unpaired) electrons. The lowest BCUT2D eigenvalue weighted by molar-refractivity contribution is -0.698. The quantitative estimate of drug-likeness (QED) is 0.144. The van der Waals surface area contributed by atoms with Gasteiger partial charge in [-0.25, -0.2) is 22.9 Å². The minimum Gasteiger partial charge on any atom is -0.481 e. The summed E-state index contributed by atoms with van der Waals surface area (Å²) in [5.41, 5.74) is 0. The van der Waals surface area contributed by atoms with E-state index in [1.54, 1.807) is 0 Å². The van der Waals surface area contributed by atoms with Gasteiger partial charge in [0.05, 0.1) is 12.7 Å². The molecule has 226 valence electrons. The first-order valence-electron chi connectivity index (χ1n) is 12.9. The Labute approximate surface area is 244 Å². The first-order valence-corrected chi connectivity index (χ1v) is 15.2. The summed E-state index contributed by atoms with van der Waals surface area (Å²) >= 11 is 5.95. The maximum absolute atomic E-state index is 13.5. The second kappa shape index (κ2) is 11.8. The Morgan fingerprint density at radius 3 is 2.57 bits per heavy atom. The number of allylic oxidation sites excluding steroid dienone is 2. The van der Waals surface area contributed by atoms with Crippen molar-refractivity contribution in [2.24, 2.45) is 4.99 Å². The number of rotatable bonds is 9. The number of aliphatic carboxylic acids is 1. The molecule has 2 fully saturated rings. The second-order valence-electron chi connectivity index (χ2n) is 10.2. The smallest absolute Gasteiger partial charge is 0.352 e. The number of hydrogen-bond acceptors (Lipinski definition) is 9. The third-order valence-electron chi connectivity index (χ3n) is 7.17. The predicted molar refractivity (Wildman–Crippen MR) is 142 cm³/mol. The van der Waals surface area contributed by atoms with Crippen LogP contribution in [-0.4, -0.2) is 118 Å². The van der Waals surface area contributed by atoms with Gasteiger partial charge in [0.1, 0.15) is 24.3 Å². The van der Waals surface area contributed by atoms with Gasteiger partial charge in [-0.2, -0.15) is 9.48 Å². The van der Waals surface area contributed by atoms with E-state index in [0.717, 1.165) is 16.3 Å². The van der Waals surface area contributed by atoms with Crippen molar-refractivity contribution in [2.75, 3.05) is 19.3 Å². The van der Waals surface area contributed by atoms with Gasteiger partial charge in [0.2, 0.25) is 38.8 Å². The van der Waals surface area contributed by atoms with Crippen molar-refractivity contribution in [3.05, 3.63) is 24.4 Å². The van der Waals surface area contributed by atoms with Crippen LogP contribution in [0.15, 0.2) is 29.4 Å². The maximum Gasteiger partial charge on any atom is 0.352 e. The van der Waals surface area contributed by atoms with Crippen LogP contribution in [0.5, 0.6) is 0 Å². The molecule has 18 heteroatoms. The topological polar surface area (TPSA) is 217 Å². The molecule has 0 aromatic carbocycles. The Morgan fingerprint density at radius 2 is 1.90 bits per heavy atom. The zero-order valence-corrected chi connectivity index (χ0v) is 23.8. The zero-order valence-electron chi connectivity index (χ0n) is 22.3. The Kier molecular flexibility index (Phi) is 8.77. The largest absolute Gasteiger partial charge is 0.481 e. The van der Waals surface area contributed by atoms with E-state index in [0.29, 0.717) is 0 Å². The molecule has 2 saturated heterocycles. The van der Waals surface area contributed by atoms with E-state index in [4.69, 9.17) is 11.6 Å². The van der Waals surface area contributed by atoms with Crippen molar-refractivity contribution >= 4 is 68.7 Å². The fourth-order valence-electron chi connectivity index (χ4n) is 5.23. The van der Waals surface area contributed by atoms with Crippen molar-refractivity contribution in [3.8, 4) is 0 Å². The van der Waals surface area contributed by atoms with Gasteiger partial charge >= 0.3 is 11.9 Å². The lowest BCUT2D eigenvalue weighted by Gasteiger charge is -2.43. The summed E-state index contributed by atoms with van der Waals surface area (Å²) in [6, 6.07) is -4.40. The van der Waals surface area contributed by atoms with Gasteiger partial charge in [0.25, 0.3) is 11.8 Å². The highest BCUT2D eigenvalue weighted by Crippen LogP contribution is 2.28. The number of ketones is 1. The number of nitrogens with one attached hydrogen (secondary N) is 2. The number of fused-ring (bicyclic) bond motifs is 2. The summed E-state index contributed by atoms with van der Waals surface area (Å²) in [4.78, 5) is 93.8. The highest BCUT2D eigenvalue weighted by atomic mass is 35.5. The fourth-order valence-corrected chi connectivity index (χ4v) is 6.19. The number of alkyl halides is 1. The summed E-state index contributed by atoms with van der Waals surface area (Å²) in [6.07, 6.45) is 5.45. The van der Waals surface area contributed by atoms with E-state index < -0.39 is 92.3 Å². The first kappa shape index (κ1) is 31.1. The number of amides is 5. The van der Waals surface area contributed by atoms with Crippen LogP contribution in [-0.2, 0) is 43.6 Å². The lowest BCUT2D eigenvalue weighted by atomic mass is 10.0.